The van der Waals surface area contributed by atoms with E-state index in [2.05, 4.69) is 43.1 Å². The minimum atomic E-state index is 0.0506. The number of halogens is 1. The van der Waals surface area contributed by atoms with Crippen LogP contribution in [0.3, 0.4) is 0 Å². The molecule has 0 bridgehead atoms. The van der Waals surface area contributed by atoms with Crippen molar-refractivity contribution in [3.63, 3.8) is 0 Å². The van der Waals surface area contributed by atoms with Crippen molar-refractivity contribution in [3.05, 3.63) is 42.1 Å². The van der Waals surface area contributed by atoms with Crippen LogP contribution in [0.1, 0.15) is 32.8 Å². The fourth-order valence-electron chi connectivity index (χ4n) is 2.46. The molecule has 1 aromatic heterocycles. The second kappa shape index (κ2) is 4.66. The summed E-state index contributed by atoms with van der Waals surface area (Å²) in [4.78, 5) is 4.51. The van der Waals surface area contributed by atoms with Crippen molar-refractivity contribution >= 4 is 22.5 Å². The fraction of sp³-hybridized carbons (Fsp3) is 0.400. The number of alkyl halides is 1. The van der Waals surface area contributed by atoms with Crippen LogP contribution in [0.25, 0.3) is 10.9 Å². The SMILES string of the molecule is CC(Cl)CC(C)(C)c1cccc2cccnc12. The van der Waals surface area contributed by atoms with Crippen molar-refractivity contribution in [3.8, 4) is 0 Å². The van der Waals surface area contributed by atoms with Gasteiger partial charge in [-0.15, -0.1) is 11.6 Å². The molecule has 0 aliphatic heterocycles. The maximum atomic E-state index is 6.14. The van der Waals surface area contributed by atoms with Gasteiger partial charge in [-0.3, -0.25) is 4.98 Å². The molecule has 0 fully saturated rings. The molecular formula is C15H18ClN. The van der Waals surface area contributed by atoms with Gasteiger partial charge >= 0.3 is 0 Å². The zero-order chi connectivity index (χ0) is 12.5. The molecule has 2 rings (SSSR count). The third kappa shape index (κ3) is 2.61. The molecule has 1 unspecified atom stereocenters. The Hall–Kier alpha value is -1.08. The summed E-state index contributed by atoms with van der Waals surface area (Å²) >= 11 is 6.14. The number of hydrogen-bond acceptors (Lipinski definition) is 1. The summed E-state index contributed by atoms with van der Waals surface area (Å²) in [5.74, 6) is 0. The summed E-state index contributed by atoms with van der Waals surface area (Å²) in [5.41, 5.74) is 2.43. The molecule has 0 N–H and O–H groups in total. The second-order valence-corrected chi connectivity index (χ2v) is 5.99. The van der Waals surface area contributed by atoms with Gasteiger partial charge in [0.1, 0.15) is 0 Å². The van der Waals surface area contributed by atoms with E-state index in [1.54, 1.807) is 0 Å². The third-order valence-corrected chi connectivity index (χ3v) is 3.31. The van der Waals surface area contributed by atoms with E-state index in [0.29, 0.717) is 0 Å². The standard InChI is InChI=1S/C15H18ClN/c1-11(16)10-15(2,3)13-8-4-6-12-7-5-9-17-14(12)13/h4-9,11H,10H2,1-3H3. The normalized spacial score (nSPS) is 13.9. The lowest BCUT2D eigenvalue weighted by Gasteiger charge is -2.27. The van der Waals surface area contributed by atoms with Crippen molar-refractivity contribution in [2.24, 2.45) is 0 Å². The second-order valence-electron chi connectivity index (χ2n) is 5.25. The first kappa shape index (κ1) is 12.4. The van der Waals surface area contributed by atoms with Crippen LogP contribution in [-0.2, 0) is 5.41 Å². The molecule has 1 nitrogen and oxygen atoms in total. The average Bonchev–Trinajstić information content (AvgIpc) is 2.26. The summed E-state index contributed by atoms with van der Waals surface area (Å²) in [6.07, 6.45) is 2.80. The zero-order valence-corrected chi connectivity index (χ0v) is 11.3. The highest BCUT2D eigenvalue weighted by molar-refractivity contribution is 6.20. The Kier molecular flexibility index (Phi) is 3.39. The first-order valence-corrected chi connectivity index (χ1v) is 6.42. The summed E-state index contributed by atoms with van der Waals surface area (Å²) in [6, 6.07) is 10.4. The molecule has 0 aliphatic rings. The Bertz CT molecular complexity index is 512. The largest absolute Gasteiger partial charge is 0.256 e. The molecule has 90 valence electrons. The minimum absolute atomic E-state index is 0.0506. The highest BCUT2D eigenvalue weighted by Crippen LogP contribution is 2.33. The number of rotatable bonds is 3. The van der Waals surface area contributed by atoms with Crippen LogP contribution in [0.15, 0.2) is 36.5 Å². The number of aromatic nitrogens is 1. The van der Waals surface area contributed by atoms with Crippen LogP contribution < -0.4 is 0 Å². The van der Waals surface area contributed by atoms with Crippen molar-refractivity contribution in [1.82, 2.24) is 4.98 Å². The predicted octanol–water partition coefficient (Wildman–Crippen LogP) is 4.53. The molecule has 0 spiro atoms. The van der Waals surface area contributed by atoms with Crippen LogP contribution in [0.4, 0.5) is 0 Å². The summed E-state index contributed by atoms with van der Waals surface area (Å²) in [7, 11) is 0. The Labute approximate surface area is 108 Å². The molecule has 1 atom stereocenters. The van der Waals surface area contributed by atoms with E-state index in [1.165, 1.54) is 10.9 Å². The van der Waals surface area contributed by atoms with E-state index in [0.717, 1.165) is 11.9 Å². The maximum absolute atomic E-state index is 6.14. The first-order valence-electron chi connectivity index (χ1n) is 5.99. The van der Waals surface area contributed by atoms with Crippen molar-refractivity contribution < 1.29 is 0 Å². The van der Waals surface area contributed by atoms with Crippen molar-refractivity contribution in [1.29, 1.82) is 0 Å². The van der Waals surface area contributed by atoms with Crippen LogP contribution in [0.5, 0.6) is 0 Å². The van der Waals surface area contributed by atoms with E-state index in [-0.39, 0.29) is 10.8 Å². The van der Waals surface area contributed by atoms with Gasteiger partial charge in [-0.1, -0.05) is 38.1 Å². The zero-order valence-electron chi connectivity index (χ0n) is 10.6. The van der Waals surface area contributed by atoms with Crippen molar-refractivity contribution in [2.45, 2.75) is 38.0 Å². The molecule has 0 saturated carbocycles. The first-order chi connectivity index (χ1) is 8.00. The molecule has 0 radical (unpaired) electrons. The molecule has 17 heavy (non-hydrogen) atoms. The van der Waals surface area contributed by atoms with Crippen LogP contribution in [-0.4, -0.2) is 10.4 Å². The van der Waals surface area contributed by atoms with E-state index in [9.17, 15) is 0 Å². The Morgan fingerprint density at radius 3 is 2.65 bits per heavy atom. The number of pyridine rings is 1. The molecule has 2 aromatic rings. The predicted molar refractivity (Wildman–Crippen MR) is 74.7 cm³/mol. The lowest BCUT2D eigenvalue weighted by Crippen LogP contribution is -2.21. The lowest BCUT2D eigenvalue weighted by atomic mass is 9.79. The monoisotopic (exact) mass is 247 g/mol. The summed E-state index contributed by atoms with van der Waals surface area (Å²) < 4.78 is 0. The van der Waals surface area contributed by atoms with Crippen LogP contribution >= 0.6 is 11.6 Å². The van der Waals surface area contributed by atoms with Gasteiger partial charge in [0.25, 0.3) is 0 Å². The topological polar surface area (TPSA) is 12.9 Å². The van der Waals surface area contributed by atoms with Crippen LogP contribution in [0.2, 0.25) is 0 Å². The van der Waals surface area contributed by atoms with Gasteiger partial charge in [0.05, 0.1) is 5.52 Å². The summed E-state index contributed by atoms with van der Waals surface area (Å²) in [5, 5.41) is 1.37. The Balaban J connectivity index is 2.55. The van der Waals surface area contributed by atoms with Gasteiger partial charge in [0.15, 0.2) is 0 Å². The number of para-hydroxylation sites is 1. The van der Waals surface area contributed by atoms with E-state index >= 15 is 0 Å². The highest BCUT2D eigenvalue weighted by atomic mass is 35.5. The lowest BCUT2D eigenvalue weighted by molar-refractivity contribution is 0.480. The fourth-order valence-corrected chi connectivity index (χ4v) is 2.85. The third-order valence-electron chi connectivity index (χ3n) is 3.15. The molecular weight excluding hydrogens is 230 g/mol. The Morgan fingerprint density at radius 1 is 1.24 bits per heavy atom. The number of nitrogens with zero attached hydrogens (tertiary/aromatic N) is 1. The van der Waals surface area contributed by atoms with Gasteiger partial charge in [0, 0.05) is 17.0 Å². The van der Waals surface area contributed by atoms with Gasteiger partial charge in [-0.2, -0.15) is 0 Å². The van der Waals surface area contributed by atoms with Gasteiger partial charge < -0.3 is 0 Å². The number of hydrogen-bond donors (Lipinski definition) is 0. The van der Waals surface area contributed by atoms with E-state index < -0.39 is 0 Å². The minimum Gasteiger partial charge on any atom is -0.256 e. The quantitative estimate of drug-likeness (QED) is 0.727. The molecule has 0 amide bonds. The van der Waals surface area contributed by atoms with E-state index in [4.69, 9.17) is 11.6 Å². The van der Waals surface area contributed by atoms with Crippen LogP contribution in [0, 0.1) is 0 Å². The molecule has 1 heterocycles. The molecule has 0 saturated heterocycles. The van der Waals surface area contributed by atoms with Gasteiger partial charge in [-0.05, 0) is 30.4 Å². The number of benzene rings is 1. The summed E-state index contributed by atoms with van der Waals surface area (Å²) in [6.45, 7) is 6.51. The maximum Gasteiger partial charge on any atom is 0.0739 e. The molecule has 1 aromatic carbocycles. The van der Waals surface area contributed by atoms with Crippen molar-refractivity contribution in [2.75, 3.05) is 0 Å². The highest BCUT2D eigenvalue weighted by Gasteiger charge is 2.24. The van der Waals surface area contributed by atoms with Gasteiger partial charge in [0.2, 0.25) is 0 Å². The number of fused-ring (bicyclic) bond motifs is 1. The van der Waals surface area contributed by atoms with E-state index in [1.807, 2.05) is 19.2 Å². The molecule has 2 heteroatoms. The Morgan fingerprint density at radius 2 is 1.94 bits per heavy atom. The molecule has 0 aliphatic carbocycles. The van der Waals surface area contributed by atoms with Gasteiger partial charge in [-0.25, -0.2) is 0 Å². The average molecular weight is 248 g/mol. The smallest absolute Gasteiger partial charge is 0.0739 e.